The third-order valence-electron chi connectivity index (χ3n) is 2.49. The molecule has 0 saturated carbocycles. The maximum atomic E-state index is 12.9. The molecular weight excluding hydrogens is 233 g/mol. The van der Waals surface area contributed by atoms with Crippen LogP contribution in [-0.2, 0) is 12.7 Å². The van der Waals surface area contributed by atoms with Gasteiger partial charge in [0.15, 0.2) is 0 Å². The molecule has 17 heavy (non-hydrogen) atoms. The van der Waals surface area contributed by atoms with Crippen LogP contribution in [0.2, 0.25) is 0 Å². The fraction of sp³-hybridized carbons (Fsp3) is 0.400. The van der Waals surface area contributed by atoms with Crippen LogP contribution in [0.3, 0.4) is 0 Å². The molecule has 0 aliphatic rings. The maximum Gasteiger partial charge on any atom is 0.420 e. The van der Waals surface area contributed by atoms with Gasteiger partial charge in [-0.2, -0.15) is 23.4 Å². The number of aromatic amines is 1. The summed E-state index contributed by atoms with van der Waals surface area (Å²) >= 11 is 0. The highest BCUT2D eigenvalue weighted by atomic mass is 19.4. The Morgan fingerprint density at radius 2 is 2.12 bits per heavy atom. The Labute approximate surface area is 95.4 Å². The summed E-state index contributed by atoms with van der Waals surface area (Å²) in [5.74, 6) is 0. The first-order valence-corrected chi connectivity index (χ1v) is 5.09. The van der Waals surface area contributed by atoms with Gasteiger partial charge in [0.1, 0.15) is 11.3 Å². The van der Waals surface area contributed by atoms with Crippen molar-refractivity contribution in [3.05, 3.63) is 23.5 Å². The van der Waals surface area contributed by atoms with Crippen molar-refractivity contribution < 1.29 is 13.2 Å². The standard InChI is InChI=1S/C10H11F3N4/c1-3-17-7(4-5-14-17)9-8(10(11,12)13)6(2)15-16-9/h4-5H,3H2,1-2H3,(H,15,16). The molecule has 4 nitrogen and oxygen atoms in total. The van der Waals surface area contributed by atoms with Crippen molar-refractivity contribution in [1.82, 2.24) is 20.0 Å². The topological polar surface area (TPSA) is 46.5 Å². The first-order chi connectivity index (χ1) is 7.95. The second-order valence-electron chi connectivity index (χ2n) is 3.60. The van der Waals surface area contributed by atoms with Gasteiger partial charge in [0.2, 0.25) is 0 Å². The van der Waals surface area contributed by atoms with E-state index in [1.54, 1.807) is 0 Å². The molecule has 92 valence electrons. The lowest BCUT2D eigenvalue weighted by Crippen LogP contribution is -2.09. The van der Waals surface area contributed by atoms with Crippen LogP contribution in [-0.4, -0.2) is 20.0 Å². The van der Waals surface area contributed by atoms with Crippen molar-refractivity contribution >= 4 is 0 Å². The molecule has 2 aromatic rings. The van der Waals surface area contributed by atoms with E-state index in [0.29, 0.717) is 12.2 Å². The number of halogens is 3. The third-order valence-corrected chi connectivity index (χ3v) is 2.49. The van der Waals surface area contributed by atoms with Gasteiger partial charge in [-0.25, -0.2) is 0 Å². The molecule has 0 fully saturated rings. The zero-order valence-corrected chi connectivity index (χ0v) is 9.34. The van der Waals surface area contributed by atoms with Crippen molar-refractivity contribution in [3.63, 3.8) is 0 Å². The molecule has 0 atom stereocenters. The van der Waals surface area contributed by atoms with Gasteiger partial charge in [0.05, 0.1) is 5.69 Å². The average molecular weight is 244 g/mol. The number of rotatable bonds is 2. The van der Waals surface area contributed by atoms with Crippen LogP contribution in [0.5, 0.6) is 0 Å². The van der Waals surface area contributed by atoms with E-state index in [1.807, 2.05) is 6.92 Å². The minimum atomic E-state index is -4.42. The number of hydrogen-bond donors (Lipinski definition) is 1. The third kappa shape index (κ3) is 1.92. The van der Waals surface area contributed by atoms with Gasteiger partial charge in [-0.1, -0.05) is 0 Å². The summed E-state index contributed by atoms with van der Waals surface area (Å²) < 4.78 is 40.1. The van der Waals surface area contributed by atoms with E-state index in [0.717, 1.165) is 0 Å². The molecule has 0 spiro atoms. The van der Waals surface area contributed by atoms with Crippen LogP contribution < -0.4 is 0 Å². The summed E-state index contributed by atoms with van der Waals surface area (Å²) in [6.45, 7) is 3.65. The SMILES string of the molecule is CCn1nccc1-c1n[nH]c(C)c1C(F)(F)F. The van der Waals surface area contributed by atoms with Gasteiger partial charge < -0.3 is 0 Å². The lowest BCUT2D eigenvalue weighted by molar-refractivity contribution is -0.137. The number of hydrogen-bond acceptors (Lipinski definition) is 2. The fourth-order valence-electron chi connectivity index (χ4n) is 1.75. The summed E-state index contributed by atoms with van der Waals surface area (Å²) in [5, 5.41) is 10.0. The van der Waals surface area contributed by atoms with Crippen LogP contribution in [0.25, 0.3) is 11.4 Å². The van der Waals surface area contributed by atoms with Crippen molar-refractivity contribution in [3.8, 4) is 11.4 Å². The van der Waals surface area contributed by atoms with Crippen LogP contribution in [0.15, 0.2) is 12.3 Å². The Hall–Kier alpha value is -1.79. The highest BCUT2D eigenvalue weighted by Gasteiger charge is 2.38. The Bertz CT molecular complexity index is 524. The quantitative estimate of drug-likeness (QED) is 0.882. The van der Waals surface area contributed by atoms with Crippen LogP contribution in [0.1, 0.15) is 18.2 Å². The van der Waals surface area contributed by atoms with Gasteiger partial charge >= 0.3 is 6.18 Å². The highest BCUT2D eigenvalue weighted by molar-refractivity contribution is 5.61. The maximum absolute atomic E-state index is 12.9. The molecule has 0 amide bonds. The molecule has 0 aliphatic carbocycles. The van der Waals surface area contributed by atoms with Gasteiger partial charge in [0.25, 0.3) is 0 Å². The van der Waals surface area contributed by atoms with Crippen molar-refractivity contribution in [2.45, 2.75) is 26.6 Å². The largest absolute Gasteiger partial charge is 0.420 e. The molecule has 0 radical (unpaired) electrons. The van der Waals surface area contributed by atoms with E-state index in [1.165, 1.54) is 23.9 Å². The zero-order valence-electron chi connectivity index (χ0n) is 9.34. The number of H-pyrrole nitrogens is 1. The average Bonchev–Trinajstić information content (AvgIpc) is 2.81. The van der Waals surface area contributed by atoms with E-state index in [2.05, 4.69) is 15.3 Å². The highest BCUT2D eigenvalue weighted by Crippen LogP contribution is 2.37. The number of nitrogens with one attached hydrogen (secondary N) is 1. The van der Waals surface area contributed by atoms with Crippen molar-refractivity contribution in [2.75, 3.05) is 0 Å². The molecule has 1 N–H and O–H groups in total. The molecule has 2 rings (SSSR count). The Morgan fingerprint density at radius 1 is 1.41 bits per heavy atom. The molecule has 0 saturated heterocycles. The summed E-state index contributed by atoms with van der Waals surface area (Å²) in [6, 6.07) is 1.52. The van der Waals surface area contributed by atoms with E-state index < -0.39 is 11.7 Å². The Kier molecular flexibility index (Phi) is 2.68. The van der Waals surface area contributed by atoms with Crippen LogP contribution >= 0.6 is 0 Å². The Morgan fingerprint density at radius 3 is 2.71 bits per heavy atom. The smallest absolute Gasteiger partial charge is 0.282 e. The number of aryl methyl sites for hydroxylation is 2. The minimum Gasteiger partial charge on any atom is -0.282 e. The zero-order chi connectivity index (χ0) is 12.6. The normalized spacial score (nSPS) is 12.1. The molecular formula is C10H11F3N4. The molecule has 0 aliphatic heterocycles. The molecule has 2 heterocycles. The lowest BCUT2D eigenvalue weighted by Gasteiger charge is -2.08. The Balaban J connectivity index is 2.61. The van der Waals surface area contributed by atoms with E-state index >= 15 is 0 Å². The number of nitrogens with zero attached hydrogens (tertiary/aromatic N) is 3. The van der Waals surface area contributed by atoms with E-state index in [4.69, 9.17) is 0 Å². The predicted octanol–water partition coefficient (Wildman–Crippen LogP) is 2.62. The van der Waals surface area contributed by atoms with Crippen LogP contribution in [0, 0.1) is 6.92 Å². The lowest BCUT2D eigenvalue weighted by atomic mass is 10.1. The summed E-state index contributed by atoms with van der Waals surface area (Å²) in [6.07, 6.45) is -2.96. The molecule has 0 bridgehead atoms. The van der Waals surface area contributed by atoms with Crippen molar-refractivity contribution in [2.24, 2.45) is 0 Å². The van der Waals surface area contributed by atoms with Gasteiger partial charge in [-0.3, -0.25) is 9.78 Å². The van der Waals surface area contributed by atoms with E-state index in [9.17, 15) is 13.2 Å². The summed E-state index contributed by atoms with van der Waals surface area (Å²) in [7, 11) is 0. The molecule has 0 unspecified atom stereocenters. The van der Waals surface area contributed by atoms with Crippen molar-refractivity contribution in [1.29, 1.82) is 0 Å². The second kappa shape index (κ2) is 3.90. The molecule has 0 aromatic carbocycles. The van der Waals surface area contributed by atoms with Gasteiger partial charge in [-0.05, 0) is 19.9 Å². The molecule has 2 aromatic heterocycles. The monoisotopic (exact) mass is 244 g/mol. The number of aromatic nitrogens is 4. The van der Waals surface area contributed by atoms with Gasteiger partial charge in [0, 0.05) is 18.4 Å². The summed E-state index contributed by atoms with van der Waals surface area (Å²) in [4.78, 5) is 0. The first kappa shape index (κ1) is 11.7. The first-order valence-electron chi connectivity index (χ1n) is 5.09. The van der Waals surface area contributed by atoms with Gasteiger partial charge in [-0.15, -0.1) is 0 Å². The molecule has 7 heteroatoms. The fourth-order valence-corrected chi connectivity index (χ4v) is 1.75. The van der Waals surface area contributed by atoms with E-state index in [-0.39, 0.29) is 11.4 Å². The number of alkyl halides is 3. The second-order valence-corrected chi connectivity index (χ2v) is 3.60. The van der Waals surface area contributed by atoms with Crippen LogP contribution in [0.4, 0.5) is 13.2 Å². The summed E-state index contributed by atoms with van der Waals surface area (Å²) in [5.41, 5.74) is -0.456. The predicted molar refractivity (Wildman–Crippen MR) is 55.2 cm³/mol. The minimum absolute atomic E-state index is 0.0105.